The maximum Gasteiger partial charge on any atom is 0.294 e. The summed E-state index contributed by atoms with van der Waals surface area (Å²) >= 11 is 0.817. The number of fused-ring (bicyclic) bond motifs is 1. The number of nitrogens with zero attached hydrogens (tertiary/aromatic N) is 2. The normalized spacial score (nSPS) is 15.9. The van der Waals surface area contributed by atoms with Crippen LogP contribution in [0.2, 0.25) is 0 Å². The van der Waals surface area contributed by atoms with E-state index in [1.807, 2.05) is 36.4 Å². The average molecular weight is 528 g/mol. The second kappa shape index (κ2) is 11.4. The molecule has 0 aromatic heterocycles. The van der Waals surface area contributed by atoms with Gasteiger partial charge in [-0.3, -0.25) is 24.1 Å². The Kier molecular flexibility index (Phi) is 7.55. The van der Waals surface area contributed by atoms with Gasteiger partial charge in [-0.2, -0.15) is 0 Å². The lowest BCUT2D eigenvalue weighted by Crippen LogP contribution is -2.44. The lowest BCUT2D eigenvalue weighted by Gasteiger charge is -2.29. The molecular formula is C29H25N3O5S. The van der Waals surface area contributed by atoms with Crippen molar-refractivity contribution in [1.82, 2.24) is 9.80 Å². The first-order valence-corrected chi connectivity index (χ1v) is 13.0. The molecule has 0 aliphatic carbocycles. The summed E-state index contributed by atoms with van der Waals surface area (Å²) in [5.74, 6) is -0.519. The highest BCUT2D eigenvalue weighted by Crippen LogP contribution is 2.32. The van der Waals surface area contributed by atoms with Crippen molar-refractivity contribution in [3.8, 4) is 5.75 Å². The number of amides is 4. The Morgan fingerprint density at radius 2 is 1.63 bits per heavy atom. The second-order valence-corrected chi connectivity index (χ2v) is 9.87. The van der Waals surface area contributed by atoms with E-state index in [4.69, 9.17) is 4.74 Å². The van der Waals surface area contributed by atoms with E-state index in [2.05, 4.69) is 11.4 Å². The molecule has 2 heterocycles. The molecule has 0 bridgehead atoms. The third-order valence-corrected chi connectivity index (χ3v) is 7.16. The highest BCUT2D eigenvalue weighted by molar-refractivity contribution is 8.18. The van der Waals surface area contributed by atoms with Crippen LogP contribution in [0.25, 0.3) is 6.08 Å². The van der Waals surface area contributed by atoms with Crippen molar-refractivity contribution in [3.05, 3.63) is 100 Å². The predicted molar refractivity (Wildman–Crippen MR) is 145 cm³/mol. The number of benzene rings is 3. The topological polar surface area (TPSA) is 96.0 Å². The molecule has 3 aromatic carbocycles. The summed E-state index contributed by atoms with van der Waals surface area (Å²) in [4.78, 5) is 53.3. The SMILES string of the molecule is O=C(COc1ccc(/C=C2\SC(=O)N(CC(=O)N3CCc4ccccc4C3)C2=O)cc1)Nc1ccccc1. The van der Waals surface area contributed by atoms with Gasteiger partial charge in [0.15, 0.2) is 6.61 Å². The molecule has 0 saturated carbocycles. The molecule has 0 radical (unpaired) electrons. The zero-order chi connectivity index (χ0) is 26.5. The molecule has 0 atom stereocenters. The largest absolute Gasteiger partial charge is 0.484 e. The van der Waals surface area contributed by atoms with Crippen LogP contribution in [-0.4, -0.2) is 52.5 Å². The van der Waals surface area contributed by atoms with Crippen molar-refractivity contribution in [3.63, 3.8) is 0 Å². The summed E-state index contributed by atoms with van der Waals surface area (Å²) in [6.45, 7) is 0.611. The molecule has 2 aliphatic heterocycles. The maximum absolute atomic E-state index is 12.9. The minimum atomic E-state index is -0.483. The first kappa shape index (κ1) is 25.3. The Hall–Kier alpha value is -4.37. The molecule has 0 unspecified atom stereocenters. The van der Waals surface area contributed by atoms with Crippen molar-refractivity contribution < 1.29 is 23.9 Å². The van der Waals surface area contributed by atoms with E-state index in [0.717, 1.165) is 28.6 Å². The summed E-state index contributed by atoms with van der Waals surface area (Å²) in [7, 11) is 0. The van der Waals surface area contributed by atoms with Gasteiger partial charge in [0.1, 0.15) is 12.3 Å². The fourth-order valence-electron chi connectivity index (χ4n) is 4.26. The fourth-order valence-corrected chi connectivity index (χ4v) is 5.10. The van der Waals surface area contributed by atoms with Crippen LogP contribution in [0.15, 0.2) is 83.8 Å². The second-order valence-electron chi connectivity index (χ2n) is 8.87. The van der Waals surface area contributed by atoms with Crippen LogP contribution < -0.4 is 10.1 Å². The molecule has 1 fully saturated rings. The summed E-state index contributed by atoms with van der Waals surface area (Å²) < 4.78 is 5.53. The number of nitrogens with one attached hydrogen (secondary N) is 1. The monoisotopic (exact) mass is 527 g/mol. The van der Waals surface area contributed by atoms with Crippen LogP contribution in [0.3, 0.4) is 0 Å². The Morgan fingerprint density at radius 3 is 2.39 bits per heavy atom. The summed E-state index contributed by atoms with van der Waals surface area (Å²) in [5, 5.41) is 2.28. The molecule has 1 N–H and O–H groups in total. The fraction of sp³-hybridized carbons (Fsp3) is 0.172. The standard InChI is InChI=1S/C29H25N3O5S/c33-26(30-23-8-2-1-3-9-23)19-37-24-12-10-20(11-13-24)16-25-28(35)32(29(36)38-25)18-27(34)31-15-14-21-6-4-5-7-22(21)17-31/h1-13,16H,14-15,17-19H2,(H,30,33)/b25-16-. The molecular weight excluding hydrogens is 502 g/mol. The van der Waals surface area contributed by atoms with Crippen LogP contribution in [0.1, 0.15) is 16.7 Å². The molecule has 3 aromatic rings. The number of ether oxygens (including phenoxy) is 1. The molecule has 0 spiro atoms. The van der Waals surface area contributed by atoms with E-state index in [1.165, 1.54) is 5.56 Å². The van der Waals surface area contributed by atoms with Gasteiger partial charge in [-0.05, 0) is 65.2 Å². The number of hydrogen-bond donors (Lipinski definition) is 1. The molecule has 9 heteroatoms. The van der Waals surface area contributed by atoms with Gasteiger partial charge >= 0.3 is 0 Å². The van der Waals surface area contributed by atoms with Crippen molar-refractivity contribution in [2.45, 2.75) is 13.0 Å². The Labute approximate surface area is 224 Å². The third-order valence-electron chi connectivity index (χ3n) is 6.26. The Balaban J connectivity index is 1.15. The van der Waals surface area contributed by atoms with Gasteiger partial charge in [0.2, 0.25) is 5.91 Å². The van der Waals surface area contributed by atoms with Gasteiger partial charge in [-0.25, -0.2) is 0 Å². The number of carbonyl (C=O) groups is 4. The van der Waals surface area contributed by atoms with Crippen LogP contribution in [-0.2, 0) is 27.3 Å². The number of imide groups is 1. The minimum absolute atomic E-state index is 0.149. The number of carbonyl (C=O) groups excluding carboxylic acids is 4. The van der Waals surface area contributed by atoms with Gasteiger partial charge in [-0.1, -0.05) is 54.6 Å². The van der Waals surface area contributed by atoms with E-state index in [1.54, 1.807) is 47.4 Å². The van der Waals surface area contributed by atoms with Crippen LogP contribution in [0.4, 0.5) is 10.5 Å². The van der Waals surface area contributed by atoms with Gasteiger partial charge in [0.25, 0.3) is 17.1 Å². The number of para-hydroxylation sites is 1. The van der Waals surface area contributed by atoms with E-state index in [0.29, 0.717) is 30.1 Å². The average Bonchev–Trinajstić information content (AvgIpc) is 3.20. The lowest BCUT2D eigenvalue weighted by atomic mass is 10.00. The third kappa shape index (κ3) is 5.95. The first-order valence-electron chi connectivity index (χ1n) is 12.1. The number of thioether (sulfide) groups is 1. The summed E-state index contributed by atoms with van der Waals surface area (Å²) in [6, 6.07) is 23.9. The summed E-state index contributed by atoms with van der Waals surface area (Å²) in [5.41, 5.74) is 3.69. The molecule has 38 heavy (non-hydrogen) atoms. The van der Waals surface area contributed by atoms with Crippen molar-refractivity contribution in [1.29, 1.82) is 0 Å². The van der Waals surface area contributed by atoms with Gasteiger partial charge in [0.05, 0.1) is 4.91 Å². The molecule has 2 aliphatic rings. The first-order chi connectivity index (χ1) is 18.5. The molecule has 5 rings (SSSR count). The molecule has 192 valence electrons. The zero-order valence-corrected chi connectivity index (χ0v) is 21.3. The summed E-state index contributed by atoms with van der Waals surface area (Å²) in [6.07, 6.45) is 2.36. The van der Waals surface area contributed by atoms with Crippen molar-refractivity contribution >= 4 is 46.5 Å². The minimum Gasteiger partial charge on any atom is -0.484 e. The highest BCUT2D eigenvalue weighted by Gasteiger charge is 2.37. The van der Waals surface area contributed by atoms with Crippen LogP contribution in [0, 0.1) is 0 Å². The lowest BCUT2D eigenvalue weighted by molar-refractivity contribution is -0.136. The van der Waals surface area contributed by atoms with Gasteiger partial charge < -0.3 is 15.0 Å². The number of rotatable bonds is 7. The van der Waals surface area contributed by atoms with E-state index in [9.17, 15) is 19.2 Å². The Bertz CT molecular complexity index is 1410. The van der Waals surface area contributed by atoms with E-state index in [-0.39, 0.29) is 29.9 Å². The zero-order valence-electron chi connectivity index (χ0n) is 20.5. The van der Waals surface area contributed by atoms with Crippen molar-refractivity contribution in [2.24, 2.45) is 0 Å². The smallest absolute Gasteiger partial charge is 0.294 e. The van der Waals surface area contributed by atoms with Crippen LogP contribution in [0.5, 0.6) is 5.75 Å². The Morgan fingerprint density at radius 1 is 0.921 bits per heavy atom. The van der Waals surface area contributed by atoms with E-state index < -0.39 is 11.1 Å². The quantitative estimate of drug-likeness (QED) is 0.460. The number of anilines is 1. The predicted octanol–water partition coefficient (Wildman–Crippen LogP) is 4.33. The van der Waals surface area contributed by atoms with E-state index >= 15 is 0 Å². The molecule has 8 nitrogen and oxygen atoms in total. The molecule has 1 saturated heterocycles. The maximum atomic E-state index is 12.9. The molecule has 4 amide bonds. The number of hydrogen-bond acceptors (Lipinski definition) is 6. The van der Waals surface area contributed by atoms with Gasteiger partial charge in [-0.15, -0.1) is 0 Å². The van der Waals surface area contributed by atoms with Gasteiger partial charge in [0, 0.05) is 18.8 Å². The highest BCUT2D eigenvalue weighted by atomic mass is 32.2. The van der Waals surface area contributed by atoms with Crippen LogP contribution >= 0.6 is 11.8 Å². The van der Waals surface area contributed by atoms with Crippen molar-refractivity contribution in [2.75, 3.05) is 25.0 Å².